The summed E-state index contributed by atoms with van der Waals surface area (Å²) in [4.78, 5) is 11.9. The Labute approximate surface area is 226 Å². The number of primary sulfonamides is 1. The Morgan fingerprint density at radius 1 is 1.08 bits per heavy atom. The fourth-order valence-corrected chi connectivity index (χ4v) is 5.50. The van der Waals surface area contributed by atoms with Crippen LogP contribution in [0.15, 0.2) is 60.7 Å². The molecule has 2 N–H and O–H groups in total. The van der Waals surface area contributed by atoms with E-state index in [9.17, 15) is 22.0 Å². The minimum absolute atomic E-state index is 0.0355. The Bertz CT molecular complexity index is 1460. The van der Waals surface area contributed by atoms with Gasteiger partial charge in [-0.15, -0.1) is 0 Å². The first kappa shape index (κ1) is 28.5. The molecule has 0 spiro atoms. The average molecular weight is 560 g/mol. The predicted molar refractivity (Wildman–Crippen MR) is 143 cm³/mol. The number of carbonyl (C=O) groups excluding carboxylic acids is 1. The second kappa shape index (κ2) is 11.3. The number of nitrogens with two attached hydrogens (primary N) is 1. The molecule has 0 aliphatic carbocycles. The number of carbonyl (C=O) groups is 1. The third-order valence-electron chi connectivity index (χ3n) is 6.77. The van der Waals surface area contributed by atoms with Crippen molar-refractivity contribution in [1.82, 2.24) is 0 Å². The number of hydrogen-bond acceptors (Lipinski definition) is 6. The molecule has 0 saturated heterocycles. The fourth-order valence-electron chi connectivity index (χ4n) is 4.86. The zero-order chi connectivity index (χ0) is 28.4. The van der Waals surface area contributed by atoms with Gasteiger partial charge in [0.2, 0.25) is 10.0 Å². The van der Waals surface area contributed by atoms with Crippen LogP contribution in [-0.4, -0.2) is 28.1 Å². The molecule has 1 unspecified atom stereocenters. The quantitative estimate of drug-likeness (QED) is 0.317. The van der Waals surface area contributed by atoms with E-state index in [0.717, 1.165) is 24.0 Å². The summed E-state index contributed by atoms with van der Waals surface area (Å²) in [7, 11) is -2.41. The zero-order valence-corrected chi connectivity index (χ0v) is 22.8. The smallest absolute Gasteiger partial charge is 0.387 e. The number of benzene rings is 3. The van der Waals surface area contributed by atoms with Crippen LogP contribution in [0, 0.1) is 5.41 Å². The molecule has 7 nitrogen and oxygen atoms in total. The van der Waals surface area contributed by atoms with E-state index in [1.165, 1.54) is 13.2 Å². The monoisotopic (exact) mass is 559 g/mol. The van der Waals surface area contributed by atoms with E-state index in [1.54, 1.807) is 30.3 Å². The Morgan fingerprint density at radius 3 is 2.41 bits per heavy atom. The van der Waals surface area contributed by atoms with Gasteiger partial charge >= 0.3 is 12.6 Å². The second-order valence-electron chi connectivity index (χ2n) is 10.2. The maximum absolute atomic E-state index is 13.1. The van der Waals surface area contributed by atoms with Gasteiger partial charge in [-0.25, -0.2) is 13.6 Å². The SMILES string of the molecule is COC(=O)C(C)(C)CCCc1ccc(C2Oc3cccc(OC(F)F)c3-c3ccc(CS(N)(=O)=O)cc32)cc1. The first-order valence-electron chi connectivity index (χ1n) is 12.4. The number of rotatable bonds is 10. The number of aryl methyl sites for hydroxylation is 1. The molecule has 1 atom stereocenters. The first-order valence-corrected chi connectivity index (χ1v) is 14.1. The summed E-state index contributed by atoms with van der Waals surface area (Å²) in [6.45, 7) is 0.698. The van der Waals surface area contributed by atoms with Gasteiger partial charge in [0.25, 0.3) is 0 Å². The molecule has 208 valence electrons. The fraction of sp³-hybridized carbons (Fsp3) is 0.345. The van der Waals surface area contributed by atoms with Crippen molar-refractivity contribution in [3.63, 3.8) is 0 Å². The summed E-state index contributed by atoms with van der Waals surface area (Å²) in [5, 5.41) is 5.26. The van der Waals surface area contributed by atoms with Gasteiger partial charge < -0.3 is 14.2 Å². The molecular weight excluding hydrogens is 528 g/mol. The first-order chi connectivity index (χ1) is 18.4. The van der Waals surface area contributed by atoms with Crippen molar-refractivity contribution in [2.24, 2.45) is 10.6 Å². The van der Waals surface area contributed by atoms with Gasteiger partial charge in [-0.2, -0.15) is 8.78 Å². The summed E-state index contributed by atoms with van der Waals surface area (Å²) in [5.41, 5.74) is 3.34. The maximum Gasteiger partial charge on any atom is 0.387 e. The zero-order valence-electron chi connectivity index (χ0n) is 21.9. The van der Waals surface area contributed by atoms with E-state index in [-0.39, 0.29) is 17.5 Å². The minimum Gasteiger partial charge on any atom is -0.480 e. The highest BCUT2D eigenvalue weighted by molar-refractivity contribution is 7.88. The van der Waals surface area contributed by atoms with Gasteiger partial charge in [0.1, 0.15) is 17.6 Å². The van der Waals surface area contributed by atoms with Crippen molar-refractivity contribution >= 4 is 16.0 Å². The lowest BCUT2D eigenvalue weighted by Crippen LogP contribution is -2.25. The lowest BCUT2D eigenvalue weighted by molar-refractivity contribution is -0.151. The Balaban J connectivity index is 1.65. The van der Waals surface area contributed by atoms with Gasteiger partial charge in [0.15, 0.2) is 0 Å². The van der Waals surface area contributed by atoms with Crippen molar-refractivity contribution in [3.8, 4) is 22.6 Å². The van der Waals surface area contributed by atoms with Crippen LogP contribution in [0.25, 0.3) is 11.1 Å². The molecule has 1 aliphatic heterocycles. The van der Waals surface area contributed by atoms with E-state index >= 15 is 0 Å². The molecule has 39 heavy (non-hydrogen) atoms. The van der Waals surface area contributed by atoms with Crippen molar-refractivity contribution in [2.75, 3.05) is 7.11 Å². The van der Waals surface area contributed by atoms with E-state index < -0.39 is 28.2 Å². The molecule has 10 heteroatoms. The maximum atomic E-state index is 13.1. The summed E-state index contributed by atoms with van der Waals surface area (Å²) >= 11 is 0. The highest BCUT2D eigenvalue weighted by Crippen LogP contribution is 2.49. The van der Waals surface area contributed by atoms with E-state index in [0.29, 0.717) is 34.4 Å². The van der Waals surface area contributed by atoms with Gasteiger partial charge in [-0.1, -0.05) is 48.5 Å². The lowest BCUT2D eigenvalue weighted by atomic mass is 9.86. The van der Waals surface area contributed by atoms with Gasteiger partial charge in [0, 0.05) is 5.56 Å². The van der Waals surface area contributed by atoms with Gasteiger partial charge in [0.05, 0.1) is 23.8 Å². The topological polar surface area (TPSA) is 105 Å². The van der Waals surface area contributed by atoms with Crippen molar-refractivity contribution in [2.45, 2.75) is 51.6 Å². The molecular formula is C29H31F2NO6S. The number of alkyl halides is 2. The third kappa shape index (κ3) is 6.75. The van der Waals surface area contributed by atoms with E-state index in [4.69, 9.17) is 19.3 Å². The van der Waals surface area contributed by atoms with Crippen LogP contribution in [0.5, 0.6) is 11.5 Å². The summed E-state index contributed by atoms with van der Waals surface area (Å²) in [5.74, 6) is -0.281. The van der Waals surface area contributed by atoms with Crippen molar-refractivity contribution < 1.29 is 36.2 Å². The summed E-state index contributed by atoms with van der Waals surface area (Å²) < 4.78 is 65.7. The lowest BCUT2D eigenvalue weighted by Gasteiger charge is -2.31. The van der Waals surface area contributed by atoms with E-state index in [1.807, 2.05) is 38.1 Å². The minimum atomic E-state index is -3.80. The van der Waals surface area contributed by atoms with Crippen molar-refractivity contribution in [3.05, 3.63) is 82.9 Å². The number of ether oxygens (including phenoxy) is 3. The normalized spacial score (nSPS) is 14.8. The predicted octanol–water partition coefficient (Wildman–Crippen LogP) is 5.75. The van der Waals surface area contributed by atoms with Gasteiger partial charge in [-0.3, -0.25) is 4.79 Å². The Morgan fingerprint density at radius 2 is 1.77 bits per heavy atom. The molecule has 0 aromatic heterocycles. The number of sulfonamides is 1. The summed E-state index contributed by atoms with van der Waals surface area (Å²) in [6, 6.07) is 17.5. The van der Waals surface area contributed by atoms with Crippen LogP contribution in [0.4, 0.5) is 8.78 Å². The molecule has 0 saturated carbocycles. The molecule has 1 heterocycles. The van der Waals surface area contributed by atoms with Crippen LogP contribution in [0.1, 0.15) is 55.0 Å². The van der Waals surface area contributed by atoms with Crippen molar-refractivity contribution in [1.29, 1.82) is 0 Å². The van der Waals surface area contributed by atoms with Crippen LogP contribution in [0.3, 0.4) is 0 Å². The molecule has 4 rings (SSSR count). The Kier molecular flexibility index (Phi) is 8.27. The molecule has 0 fully saturated rings. The average Bonchev–Trinajstić information content (AvgIpc) is 2.86. The van der Waals surface area contributed by atoms with Crippen LogP contribution in [-0.2, 0) is 31.7 Å². The van der Waals surface area contributed by atoms with Crippen LogP contribution >= 0.6 is 0 Å². The number of hydrogen-bond donors (Lipinski definition) is 1. The number of fused-ring (bicyclic) bond motifs is 3. The Hall–Kier alpha value is -3.50. The third-order valence-corrected chi connectivity index (χ3v) is 7.51. The standard InChI is InChI=1S/C29H31F2NO6S/c1-29(2,27(33)36-3)15-5-6-18-9-12-20(13-10-18)26-22-16-19(17-39(32,34)35)11-14-21(22)25-23(37-26)7-4-8-24(25)38-28(30)31/h4,7-14,16,26,28H,5-6,15,17H2,1-3H3,(H2,32,34,35). The number of esters is 1. The number of methoxy groups -OCH3 is 1. The largest absolute Gasteiger partial charge is 0.480 e. The molecule has 0 bridgehead atoms. The molecule has 0 amide bonds. The highest BCUT2D eigenvalue weighted by atomic mass is 32.2. The summed E-state index contributed by atoms with van der Waals surface area (Å²) in [6.07, 6.45) is 1.61. The van der Waals surface area contributed by atoms with Crippen LogP contribution < -0.4 is 14.6 Å². The van der Waals surface area contributed by atoms with Crippen LogP contribution in [0.2, 0.25) is 0 Å². The molecule has 3 aromatic rings. The van der Waals surface area contributed by atoms with Gasteiger partial charge in [-0.05, 0) is 67.5 Å². The van der Waals surface area contributed by atoms with E-state index in [2.05, 4.69) is 0 Å². The molecule has 0 radical (unpaired) electrons. The second-order valence-corrected chi connectivity index (χ2v) is 11.8. The molecule has 3 aromatic carbocycles. The highest BCUT2D eigenvalue weighted by Gasteiger charge is 2.31. The number of halogens is 2. The molecule has 1 aliphatic rings.